The molecular weight excluding hydrogens is 282 g/mol. The van der Waals surface area contributed by atoms with E-state index in [1.54, 1.807) is 0 Å². The first-order chi connectivity index (χ1) is 7.81. The number of nitrogens with one attached hydrogen (secondary N) is 1. The summed E-state index contributed by atoms with van der Waals surface area (Å²) in [4.78, 5) is 1.50. The van der Waals surface area contributed by atoms with Gasteiger partial charge in [0, 0.05) is 20.8 Å². The molecule has 0 spiro atoms. The van der Waals surface area contributed by atoms with Gasteiger partial charge in [-0.15, -0.1) is 11.3 Å². The first-order valence-electron chi connectivity index (χ1n) is 6.28. The van der Waals surface area contributed by atoms with Crippen molar-refractivity contribution in [3.05, 3.63) is 20.8 Å². The Balaban J connectivity index is 2.09. The van der Waals surface area contributed by atoms with Gasteiger partial charge >= 0.3 is 0 Å². The minimum Gasteiger partial charge on any atom is -0.309 e. The summed E-state index contributed by atoms with van der Waals surface area (Å²) >= 11 is 5.44. The van der Waals surface area contributed by atoms with Crippen LogP contribution in [0.25, 0.3) is 0 Å². The maximum absolute atomic E-state index is 3.67. The Morgan fingerprint density at radius 1 is 1.44 bits per heavy atom. The molecule has 1 atom stereocenters. The highest BCUT2D eigenvalue weighted by Gasteiger charge is 2.25. The third-order valence-corrected chi connectivity index (χ3v) is 5.22. The number of rotatable bonds is 4. The number of hydrogen-bond acceptors (Lipinski definition) is 2. The highest BCUT2D eigenvalue weighted by atomic mass is 79.9. The van der Waals surface area contributed by atoms with Gasteiger partial charge in [0.1, 0.15) is 0 Å². The molecule has 1 aliphatic rings. The Kier molecular flexibility index (Phi) is 4.86. The molecule has 0 aliphatic heterocycles. The second-order valence-electron chi connectivity index (χ2n) is 4.60. The summed E-state index contributed by atoms with van der Waals surface area (Å²) in [7, 11) is 0. The molecular formula is C13H20BrNS. The zero-order valence-corrected chi connectivity index (χ0v) is 12.2. The van der Waals surface area contributed by atoms with Crippen LogP contribution in [0, 0.1) is 5.92 Å². The van der Waals surface area contributed by atoms with Crippen molar-refractivity contribution < 1.29 is 0 Å². The Morgan fingerprint density at radius 3 is 2.75 bits per heavy atom. The lowest BCUT2D eigenvalue weighted by atomic mass is 9.83. The van der Waals surface area contributed by atoms with E-state index in [9.17, 15) is 0 Å². The normalized spacial score (nSPS) is 19.9. The second-order valence-corrected chi connectivity index (χ2v) is 6.46. The Morgan fingerprint density at radius 2 is 2.19 bits per heavy atom. The zero-order valence-electron chi connectivity index (χ0n) is 9.84. The lowest BCUT2D eigenvalue weighted by molar-refractivity contribution is 0.277. The zero-order chi connectivity index (χ0) is 11.4. The van der Waals surface area contributed by atoms with Crippen LogP contribution in [0.2, 0.25) is 0 Å². The summed E-state index contributed by atoms with van der Waals surface area (Å²) in [5.74, 6) is 0.847. The summed E-state index contributed by atoms with van der Waals surface area (Å²) < 4.78 is 1.23. The van der Waals surface area contributed by atoms with E-state index in [1.807, 2.05) is 11.3 Å². The molecule has 1 aromatic heterocycles. The minimum absolute atomic E-state index is 0.585. The number of hydrogen-bond donors (Lipinski definition) is 1. The van der Waals surface area contributed by atoms with Crippen LogP contribution in [0.15, 0.2) is 15.9 Å². The molecule has 0 saturated heterocycles. The van der Waals surface area contributed by atoms with Crippen LogP contribution in [0.1, 0.15) is 49.9 Å². The van der Waals surface area contributed by atoms with Gasteiger partial charge in [0.15, 0.2) is 0 Å². The van der Waals surface area contributed by atoms with E-state index < -0.39 is 0 Å². The second kappa shape index (κ2) is 6.18. The fourth-order valence-corrected chi connectivity index (χ4v) is 4.29. The fourth-order valence-electron chi connectivity index (χ4n) is 2.68. The highest BCUT2D eigenvalue weighted by molar-refractivity contribution is 9.10. The van der Waals surface area contributed by atoms with E-state index in [0.717, 1.165) is 12.5 Å². The molecule has 1 saturated carbocycles. The predicted octanol–water partition coefficient (Wildman–Crippen LogP) is 4.74. The summed E-state index contributed by atoms with van der Waals surface area (Å²) in [6.07, 6.45) is 7.06. The predicted molar refractivity (Wildman–Crippen MR) is 75.0 cm³/mol. The maximum atomic E-state index is 3.67. The molecule has 1 unspecified atom stereocenters. The van der Waals surface area contributed by atoms with Crippen molar-refractivity contribution in [1.29, 1.82) is 0 Å². The molecule has 90 valence electrons. The maximum Gasteiger partial charge on any atom is 0.0443 e. The van der Waals surface area contributed by atoms with Crippen LogP contribution in [-0.4, -0.2) is 6.54 Å². The quantitative estimate of drug-likeness (QED) is 0.847. The van der Waals surface area contributed by atoms with Crippen molar-refractivity contribution >= 4 is 27.3 Å². The molecule has 0 aromatic carbocycles. The fraction of sp³-hybridized carbons (Fsp3) is 0.692. The summed E-state index contributed by atoms with van der Waals surface area (Å²) in [6.45, 7) is 3.27. The van der Waals surface area contributed by atoms with Gasteiger partial charge in [0.25, 0.3) is 0 Å². The van der Waals surface area contributed by atoms with Crippen molar-refractivity contribution in [1.82, 2.24) is 5.32 Å². The van der Waals surface area contributed by atoms with Crippen LogP contribution in [0.5, 0.6) is 0 Å². The Bertz CT molecular complexity index is 317. The average Bonchev–Trinajstić information content (AvgIpc) is 2.74. The van der Waals surface area contributed by atoms with Gasteiger partial charge in [-0.1, -0.05) is 26.2 Å². The van der Waals surface area contributed by atoms with E-state index >= 15 is 0 Å². The van der Waals surface area contributed by atoms with Crippen LogP contribution >= 0.6 is 27.3 Å². The van der Waals surface area contributed by atoms with Gasteiger partial charge in [0.05, 0.1) is 0 Å². The number of thiophene rings is 1. The minimum atomic E-state index is 0.585. The first-order valence-corrected chi connectivity index (χ1v) is 7.96. The third-order valence-electron chi connectivity index (χ3n) is 3.44. The topological polar surface area (TPSA) is 12.0 Å². The van der Waals surface area contributed by atoms with Crippen molar-refractivity contribution in [2.45, 2.75) is 45.1 Å². The van der Waals surface area contributed by atoms with Crippen LogP contribution in [-0.2, 0) is 0 Å². The molecule has 3 heteroatoms. The number of halogens is 1. The van der Waals surface area contributed by atoms with Gasteiger partial charge in [-0.05, 0) is 47.3 Å². The first kappa shape index (κ1) is 12.6. The molecule has 2 rings (SSSR count). The summed E-state index contributed by atoms with van der Waals surface area (Å²) in [6, 6.07) is 2.87. The SMILES string of the molecule is CCNC(c1cc(Br)cs1)C1CCCCC1. The molecule has 1 heterocycles. The van der Waals surface area contributed by atoms with Gasteiger partial charge in [-0.2, -0.15) is 0 Å². The molecule has 0 amide bonds. The molecule has 1 nitrogen and oxygen atoms in total. The summed E-state index contributed by atoms with van der Waals surface area (Å²) in [5, 5.41) is 5.87. The van der Waals surface area contributed by atoms with Crippen molar-refractivity contribution in [3.8, 4) is 0 Å². The van der Waals surface area contributed by atoms with E-state index in [2.05, 4.69) is 39.6 Å². The molecule has 1 aliphatic carbocycles. The van der Waals surface area contributed by atoms with Crippen LogP contribution in [0.3, 0.4) is 0 Å². The Labute approximate surface area is 111 Å². The lowest BCUT2D eigenvalue weighted by Crippen LogP contribution is -2.28. The van der Waals surface area contributed by atoms with E-state index in [0.29, 0.717) is 6.04 Å². The molecule has 1 aromatic rings. The largest absolute Gasteiger partial charge is 0.309 e. The highest BCUT2D eigenvalue weighted by Crippen LogP contribution is 2.37. The van der Waals surface area contributed by atoms with Crippen LogP contribution in [0.4, 0.5) is 0 Å². The Hall–Kier alpha value is 0.140. The monoisotopic (exact) mass is 301 g/mol. The van der Waals surface area contributed by atoms with Crippen molar-refractivity contribution in [2.75, 3.05) is 6.54 Å². The van der Waals surface area contributed by atoms with E-state index in [-0.39, 0.29) is 0 Å². The van der Waals surface area contributed by atoms with E-state index in [1.165, 1.54) is 41.5 Å². The van der Waals surface area contributed by atoms with Gasteiger partial charge in [0.2, 0.25) is 0 Å². The molecule has 0 radical (unpaired) electrons. The lowest BCUT2D eigenvalue weighted by Gasteiger charge is -2.30. The average molecular weight is 302 g/mol. The van der Waals surface area contributed by atoms with Crippen molar-refractivity contribution in [3.63, 3.8) is 0 Å². The summed E-state index contributed by atoms with van der Waals surface area (Å²) in [5.41, 5.74) is 0. The molecule has 1 fully saturated rings. The van der Waals surface area contributed by atoms with Crippen molar-refractivity contribution in [2.24, 2.45) is 5.92 Å². The molecule has 1 N–H and O–H groups in total. The van der Waals surface area contributed by atoms with Gasteiger partial charge in [-0.3, -0.25) is 0 Å². The smallest absolute Gasteiger partial charge is 0.0443 e. The van der Waals surface area contributed by atoms with Gasteiger partial charge < -0.3 is 5.32 Å². The third kappa shape index (κ3) is 3.08. The van der Waals surface area contributed by atoms with Crippen LogP contribution < -0.4 is 5.32 Å². The van der Waals surface area contributed by atoms with Gasteiger partial charge in [-0.25, -0.2) is 0 Å². The standard InChI is InChI=1S/C13H20BrNS/c1-2-15-13(10-6-4-3-5-7-10)12-8-11(14)9-16-12/h8-10,13,15H,2-7H2,1H3. The molecule has 0 bridgehead atoms. The van der Waals surface area contributed by atoms with E-state index in [4.69, 9.17) is 0 Å². The molecule has 16 heavy (non-hydrogen) atoms.